The van der Waals surface area contributed by atoms with Crippen LogP contribution in [-0.2, 0) is 12.8 Å². The van der Waals surface area contributed by atoms with Gasteiger partial charge in [0.2, 0.25) is 0 Å². The summed E-state index contributed by atoms with van der Waals surface area (Å²) in [6.45, 7) is 5.61. The summed E-state index contributed by atoms with van der Waals surface area (Å²) < 4.78 is 0. The summed E-state index contributed by atoms with van der Waals surface area (Å²) in [7, 11) is 0. The molecule has 1 N–H and O–H groups in total. The molecule has 1 heterocycles. The number of para-hydroxylation sites is 1. The summed E-state index contributed by atoms with van der Waals surface area (Å²) in [5.41, 5.74) is 5.70. The molecule has 2 aromatic carbocycles. The Balaban J connectivity index is 1.81. The van der Waals surface area contributed by atoms with Gasteiger partial charge in [-0.05, 0) is 41.5 Å². The summed E-state index contributed by atoms with van der Waals surface area (Å²) in [5.74, 6) is 1.31. The largest absolute Gasteiger partial charge is 0.384 e. The van der Waals surface area contributed by atoms with Gasteiger partial charge >= 0.3 is 0 Å². The smallest absolute Gasteiger partial charge is 0.0373 e. The zero-order valence-corrected chi connectivity index (χ0v) is 12.4. The van der Waals surface area contributed by atoms with Gasteiger partial charge in [0.15, 0.2) is 0 Å². The second-order valence-corrected chi connectivity index (χ2v) is 6.28. The molecule has 0 radical (unpaired) electrons. The Morgan fingerprint density at radius 1 is 1.10 bits per heavy atom. The van der Waals surface area contributed by atoms with E-state index in [0.717, 1.165) is 18.9 Å². The van der Waals surface area contributed by atoms with Gasteiger partial charge in [0.25, 0.3) is 0 Å². The molecule has 0 aliphatic carbocycles. The predicted molar refractivity (Wildman–Crippen MR) is 86.4 cm³/mol. The van der Waals surface area contributed by atoms with E-state index in [1.807, 2.05) is 0 Å². The van der Waals surface area contributed by atoms with Gasteiger partial charge in [0.05, 0.1) is 0 Å². The molecule has 1 atom stereocenters. The fourth-order valence-electron chi connectivity index (χ4n) is 3.12. The Morgan fingerprint density at radius 2 is 1.95 bits per heavy atom. The van der Waals surface area contributed by atoms with E-state index >= 15 is 0 Å². The molecule has 0 spiro atoms. The van der Waals surface area contributed by atoms with Gasteiger partial charge in [-0.25, -0.2) is 0 Å². The number of anilines is 1. The van der Waals surface area contributed by atoms with Crippen molar-refractivity contribution in [2.75, 3.05) is 11.9 Å². The van der Waals surface area contributed by atoms with Crippen LogP contribution in [-0.4, -0.2) is 6.54 Å². The van der Waals surface area contributed by atoms with Crippen molar-refractivity contribution in [3.63, 3.8) is 0 Å². The van der Waals surface area contributed by atoms with Gasteiger partial charge < -0.3 is 5.32 Å². The van der Waals surface area contributed by atoms with E-state index in [9.17, 15) is 0 Å². The van der Waals surface area contributed by atoms with E-state index < -0.39 is 0 Å². The molecular weight excluding hydrogens is 242 g/mol. The molecule has 2 aromatic rings. The molecule has 3 rings (SSSR count). The highest BCUT2D eigenvalue weighted by atomic mass is 14.9. The fourth-order valence-corrected chi connectivity index (χ4v) is 3.12. The monoisotopic (exact) mass is 265 g/mol. The van der Waals surface area contributed by atoms with E-state index in [-0.39, 0.29) is 0 Å². The maximum absolute atomic E-state index is 3.57. The van der Waals surface area contributed by atoms with Crippen LogP contribution in [0.3, 0.4) is 0 Å². The Bertz CT molecular complexity index is 586. The van der Waals surface area contributed by atoms with Crippen molar-refractivity contribution >= 4 is 5.69 Å². The van der Waals surface area contributed by atoms with Crippen LogP contribution in [0.15, 0.2) is 48.5 Å². The van der Waals surface area contributed by atoms with Crippen LogP contribution in [0.4, 0.5) is 5.69 Å². The van der Waals surface area contributed by atoms with Gasteiger partial charge in [-0.3, -0.25) is 0 Å². The summed E-state index contributed by atoms with van der Waals surface area (Å²) in [6, 6.07) is 17.8. The lowest BCUT2D eigenvalue weighted by Gasteiger charge is -2.27. The van der Waals surface area contributed by atoms with E-state index in [2.05, 4.69) is 67.7 Å². The highest BCUT2D eigenvalue weighted by Gasteiger charge is 2.19. The third-order valence-corrected chi connectivity index (χ3v) is 4.09. The average molecular weight is 265 g/mol. The van der Waals surface area contributed by atoms with Crippen molar-refractivity contribution < 1.29 is 0 Å². The van der Waals surface area contributed by atoms with Crippen molar-refractivity contribution in [3.05, 3.63) is 65.2 Å². The third kappa shape index (κ3) is 2.87. The van der Waals surface area contributed by atoms with Crippen LogP contribution in [0.25, 0.3) is 0 Å². The van der Waals surface area contributed by atoms with Gasteiger partial charge in [-0.15, -0.1) is 0 Å². The number of rotatable bonds is 3. The molecule has 104 valence electrons. The van der Waals surface area contributed by atoms with Crippen molar-refractivity contribution in [1.29, 1.82) is 0 Å². The first-order chi connectivity index (χ1) is 9.72. The minimum absolute atomic E-state index is 0.594. The maximum atomic E-state index is 3.57. The van der Waals surface area contributed by atoms with Crippen molar-refractivity contribution in [2.24, 2.45) is 5.92 Å². The Kier molecular flexibility index (Phi) is 3.77. The van der Waals surface area contributed by atoms with Crippen LogP contribution in [0.5, 0.6) is 0 Å². The quantitative estimate of drug-likeness (QED) is 0.852. The minimum Gasteiger partial charge on any atom is -0.384 e. The molecule has 1 unspecified atom stereocenters. The van der Waals surface area contributed by atoms with Crippen LogP contribution in [0.1, 0.15) is 36.5 Å². The molecule has 0 fully saturated rings. The Hall–Kier alpha value is -1.76. The van der Waals surface area contributed by atoms with Crippen LogP contribution >= 0.6 is 0 Å². The van der Waals surface area contributed by atoms with E-state index in [4.69, 9.17) is 0 Å². The SMILES string of the molecule is CC(C)Cc1cccc(C2CNc3ccccc3C2)c1. The lowest BCUT2D eigenvalue weighted by atomic mass is 9.87. The zero-order valence-electron chi connectivity index (χ0n) is 12.4. The van der Waals surface area contributed by atoms with Crippen molar-refractivity contribution in [1.82, 2.24) is 0 Å². The summed E-state index contributed by atoms with van der Waals surface area (Å²) >= 11 is 0. The first-order valence-corrected chi connectivity index (χ1v) is 7.63. The lowest BCUT2D eigenvalue weighted by Crippen LogP contribution is -2.21. The highest BCUT2D eigenvalue weighted by molar-refractivity contribution is 5.54. The zero-order chi connectivity index (χ0) is 13.9. The molecule has 1 heteroatoms. The lowest BCUT2D eigenvalue weighted by molar-refractivity contribution is 0.643. The topological polar surface area (TPSA) is 12.0 Å². The van der Waals surface area contributed by atoms with Gasteiger partial charge in [-0.2, -0.15) is 0 Å². The molecule has 0 saturated heterocycles. The average Bonchev–Trinajstić information content (AvgIpc) is 2.46. The van der Waals surface area contributed by atoms with Gasteiger partial charge in [0, 0.05) is 18.2 Å². The second-order valence-electron chi connectivity index (χ2n) is 6.28. The summed E-state index contributed by atoms with van der Waals surface area (Å²) in [6.07, 6.45) is 2.32. The molecule has 1 aliphatic heterocycles. The van der Waals surface area contributed by atoms with Gasteiger partial charge in [-0.1, -0.05) is 56.3 Å². The normalized spacial score (nSPS) is 17.6. The van der Waals surface area contributed by atoms with Crippen LogP contribution in [0.2, 0.25) is 0 Å². The fraction of sp³-hybridized carbons (Fsp3) is 0.368. The molecular formula is C19H23N. The number of nitrogens with one attached hydrogen (secondary N) is 1. The van der Waals surface area contributed by atoms with Gasteiger partial charge in [0.1, 0.15) is 0 Å². The second kappa shape index (κ2) is 5.70. The molecule has 0 bridgehead atoms. The Morgan fingerprint density at radius 3 is 2.80 bits per heavy atom. The number of hydrogen-bond donors (Lipinski definition) is 1. The third-order valence-electron chi connectivity index (χ3n) is 4.09. The maximum Gasteiger partial charge on any atom is 0.0373 e. The molecule has 1 aliphatic rings. The summed E-state index contributed by atoms with van der Waals surface area (Å²) in [5, 5.41) is 3.57. The summed E-state index contributed by atoms with van der Waals surface area (Å²) in [4.78, 5) is 0. The predicted octanol–water partition coefficient (Wildman–Crippen LogP) is 4.64. The number of benzene rings is 2. The van der Waals surface area contributed by atoms with Crippen LogP contribution < -0.4 is 5.32 Å². The molecule has 20 heavy (non-hydrogen) atoms. The van der Waals surface area contributed by atoms with Crippen LogP contribution in [0, 0.1) is 5.92 Å². The molecule has 0 amide bonds. The van der Waals surface area contributed by atoms with Crippen molar-refractivity contribution in [2.45, 2.75) is 32.6 Å². The molecule has 0 aromatic heterocycles. The highest BCUT2D eigenvalue weighted by Crippen LogP contribution is 2.30. The van der Waals surface area contributed by atoms with E-state index in [0.29, 0.717) is 5.92 Å². The Labute approximate surface area is 122 Å². The molecule has 0 saturated carbocycles. The van der Waals surface area contributed by atoms with E-state index in [1.165, 1.54) is 28.8 Å². The number of hydrogen-bond acceptors (Lipinski definition) is 1. The standard InChI is InChI=1S/C19H23N/c1-14(2)10-15-6-5-8-16(11-15)18-12-17-7-3-4-9-19(17)20-13-18/h3-9,11,14,18,20H,10,12-13H2,1-2H3. The molecule has 1 nitrogen and oxygen atoms in total. The first kappa shape index (κ1) is 13.2. The first-order valence-electron chi connectivity index (χ1n) is 7.63. The number of fused-ring (bicyclic) bond motifs is 1. The van der Waals surface area contributed by atoms with E-state index in [1.54, 1.807) is 0 Å². The minimum atomic E-state index is 0.594. The van der Waals surface area contributed by atoms with Crippen molar-refractivity contribution in [3.8, 4) is 0 Å².